The minimum absolute atomic E-state index is 0.0156. The highest BCUT2D eigenvalue weighted by atomic mass is 16.5. The third kappa shape index (κ3) is 4.99. The molecule has 0 unspecified atom stereocenters. The molecule has 0 spiro atoms. The summed E-state index contributed by atoms with van der Waals surface area (Å²) in [6.07, 6.45) is 4.99. The summed E-state index contributed by atoms with van der Waals surface area (Å²) in [7, 11) is 4.70. The van der Waals surface area contributed by atoms with Gasteiger partial charge in [-0.05, 0) is 30.5 Å². The van der Waals surface area contributed by atoms with Crippen molar-refractivity contribution in [1.82, 2.24) is 19.2 Å². The quantitative estimate of drug-likeness (QED) is 0.518. The first kappa shape index (κ1) is 24.3. The molecule has 0 N–H and O–H groups in total. The average molecular weight is 479 g/mol. The van der Waals surface area contributed by atoms with Gasteiger partial charge in [-0.15, -0.1) is 0 Å². The molecule has 1 amide bonds. The van der Waals surface area contributed by atoms with Crippen molar-refractivity contribution < 1.29 is 14.3 Å². The summed E-state index contributed by atoms with van der Waals surface area (Å²) < 4.78 is 12.8. The SMILES string of the molecule is COc1ccc(-n2nc(C(=O)N(C)C3CCCCC3)c(=O)n(Cc3ccccc3)c2=O)cc1OC. The van der Waals surface area contributed by atoms with Gasteiger partial charge in [-0.25, -0.2) is 4.79 Å². The lowest BCUT2D eigenvalue weighted by molar-refractivity contribution is 0.0684. The summed E-state index contributed by atoms with van der Waals surface area (Å²) in [4.78, 5) is 42.0. The van der Waals surface area contributed by atoms with Crippen LogP contribution < -0.4 is 20.7 Å². The van der Waals surface area contributed by atoms with E-state index in [9.17, 15) is 14.4 Å². The van der Waals surface area contributed by atoms with Crippen molar-refractivity contribution >= 4 is 5.91 Å². The largest absolute Gasteiger partial charge is 0.493 e. The zero-order valence-corrected chi connectivity index (χ0v) is 20.3. The maximum Gasteiger partial charge on any atom is 0.352 e. The molecule has 184 valence electrons. The predicted molar refractivity (Wildman–Crippen MR) is 132 cm³/mol. The molecular weight excluding hydrogens is 448 g/mol. The third-order valence-corrected chi connectivity index (χ3v) is 6.50. The van der Waals surface area contributed by atoms with Crippen molar-refractivity contribution in [1.29, 1.82) is 0 Å². The molecule has 9 nitrogen and oxygen atoms in total. The number of hydrogen-bond acceptors (Lipinski definition) is 6. The fourth-order valence-electron chi connectivity index (χ4n) is 4.48. The van der Waals surface area contributed by atoms with Gasteiger partial charge in [0.25, 0.3) is 11.5 Å². The number of aromatic nitrogens is 3. The van der Waals surface area contributed by atoms with Gasteiger partial charge in [0.2, 0.25) is 5.69 Å². The van der Waals surface area contributed by atoms with Gasteiger partial charge in [0.05, 0.1) is 26.5 Å². The highest BCUT2D eigenvalue weighted by molar-refractivity contribution is 5.91. The van der Waals surface area contributed by atoms with Gasteiger partial charge in [0.1, 0.15) is 0 Å². The van der Waals surface area contributed by atoms with Crippen LogP contribution in [0.5, 0.6) is 11.5 Å². The number of carbonyl (C=O) groups is 1. The van der Waals surface area contributed by atoms with E-state index in [1.165, 1.54) is 14.2 Å². The Balaban J connectivity index is 1.86. The second kappa shape index (κ2) is 10.6. The molecule has 1 aromatic heterocycles. The molecule has 1 fully saturated rings. The molecule has 0 atom stereocenters. The maximum atomic E-state index is 13.5. The average Bonchev–Trinajstić information content (AvgIpc) is 2.91. The van der Waals surface area contributed by atoms with E-state index in [4.69, 9.17) is 9.47 Å². The fraction of sp³-hybridized carbons (Fsp3) is 0.385. The number of hydrogen-bond donors (Lipinski definition) is 0. The predicted octanol–water partition coefficient (Wildman–Crippen LogP) is 2.86. The molecular formula is C26H30N4O5. The molecule has 0 bridgehead atoms. The molecule has 0 aliphatic heterocycles. The van der Waals surface area contributed by atoms with E-state index in [2.05, 4.69) is 5.10 Å². The molecule has 1 heterocycles. The lowest BCUT2D eigenvalue weighted by atomic mass is 9.94. The van der Waals surface area contributed by atoms with E-state index in [0.29, 0.717) is 17.2 Å². The van der Waals surface area contributed by atoms with Crippen LogP contribution in [-0.4, -0.2) is 52.5 Å². The molecule has 1 saturated carbocycles. The number of nitrogens with zero attached hydrogens (tertiary/aromatic N) is 4. The van der Waals surface area contributed by atoms with Crippen LogP contribution >= 0.6 is 0 Å². The number of rotatable bonds is 7. The van der Waals surface area contributed by atoms with Crippen LogP contribution in [0, 0.1) is 0 Å². The van der Waals surface area contributed by atoms with Crippen molar-refractivity contribution in [2.75, 3.05) is 21.3 Å². The Kier molecular flexibility index (Phi) is 7.33. The number of amides is 1. The van der Waals surface area contributed by atoms with Crippen LogP contribution in [0.25, 0.3) is 5.69 Å². The first-order valence-electron chi connectivity index (χ1n) is 11.7. The molecule has 0 radical (unpaired) electrons. The molecule has 9 heteroatoms. The standard InChI is InChI=1S/C26H30N4O5/c1-28(19-12-8-5-9-13-19)24(31)23-25(32)29(17-18-10-6-4-7-11-18)26(33)30(27-23)20-14-15-21(34-2)22(16-20)35-3/h4,6-7,10-11,14-16,19H,5,8-9,12-13,17H2,1-3H3. The normalized spacial score (nSPS) is 13.9. The second-order valence-electron chi connectivity index (χ2n) is 8.67. The Labute approximate surface area is 203 Å². The van der Waals surface area contributed by atoms with Gasteiger partial charge in [-0.3, -0.25) is 14.2 Å². The van der Waals surface area contributed by atoms with Gasteiger partial charge < -0.3 is 14.4 Å². The van der Waals surface area contributed by atoms with Crippen LogP contribution in [-0.2, 0) is 6.54 Å². The zero-order chi connectivity index (χ0) is 24.9. The Hall–Kier alpha value is -3.88. The van der Waals surface area contributed by atoms with Gasteiger partial charge >= 0.3 is 5.69 Å². The highest BCUT2D eigenvalue weighted by Crippen LogP contribution is 2.28. The van der Waals surface area contributed by atoms with Crippen LogP contribution in [0.3, 0.4) is 0 Å². The summed E-state index contributed by atoms with van der Waals surface area (Å²) in [5.41, 5.74) is -0.533. The lowest BCUT2D eigenvalue weighted by Gasteiger charge is -2.30. The number of ether oxygens (including phenoxy) is 2. The Bertz CT molecular complexity index is 1310. The zero-order valence-electron chi connectivity index (χ0n) is 20.3. The third-order valence-electron chi connectivity index (χ3n) is 6.50. The van der Waals surface area contributed by atoms with Crippen molar-refractivity contribution in [3.05, 3.63) is 80.6 Å². The molecule has 4 rings (SSSR count). The molecule has 1 aliphatic carbocycles. The van der Waals surface area contributed by atoms with E-state index >= 15 is 0 Å². The van der Waals surface area contributed by atoms with Gasteiger partial charge in [0, 0.05) is 19.2 Å². The minimum Gasteiger partial charge on any atom is -0.493 e. The van der Waals surface area contributed by atoms with E-state index in [0.717, 1.165) is 46.9 Å². The highest BCUT2D eigenvalue weighted by Gasteiger charge is 2.28. The summed E-state index contributed by atoms with van der Waals surface area (Å²) in [6.45, 7) is 0.0156. The van der Waals surface area contributed by atoms with Crippen LogP contribution in [0.15, 0.2) is 58.1 Å². The smallest absolute Gasteiger partial charge is 0.352 e. The van der Waals surface area contributed by atoms with E-state index in [1.54, 1.807) is 30.1 Å². The maximum absolute atomic E-state index is 13.5. The Morgan fingerprint density at radius 3 is 2.34 bits per heavy atom. The number of methoxy groups -OCH3 is 2. The van der Waals surface area contributed by atoms with Crippen LogP contribution in [0.2, 0.25) is 0 Å². The van der Waals surface area contributed by atoms with E-state index < -0.39 is 17.2 Å². The first-order chi connectivity index (χ1) is 16.9. The Morgan fingerprint density at radius 2 is 1.69 bits per heavy atom. The second-order valence-corrected chi connectivity index (χ2v) is 8.67. The van der Waals surface area contributed by atoms with Crippen molar-refractivity contribution in [2.24, 2.45) is 0 Å². The van der Waals surface area contributed by atoms with Crippen LogP contribution in [0.1, 0.15) is 48.2 Å². The monoisotopic (exact) mass is 478 g/mol. The summed E-state index contributed by atoms with van der Waals surface area (Å²) >= 11 is 0. The topological polar surface area (TPSA) is 95.7 Å². The molecule has 35 heavy (non-hydrogen) atoms. The van der Waals surface area contributed by atoms with Gasteiger partial charge in [0.15, 0.2) is 11.5 Å². The molecule has 2 aromatic carbocycles. The van der Waals surface area contributed by atoms with Crippen molar-refractivity contribution in [3.63, 3.8) is 0 Å². The summed E-state index contributed by atoms with van der Waals surface area (Å²) in [6, 6.07) is 14.1. The van der Waals surface area contributed by atoms with Gasteiger partial charge in [-0.2, -0.15) is 9.78 Å². The number of benzene rings is 2. The fourth-order valence-corrected chi connectivity index (χ4v) is 4.48. The summed E-state index contributed by atoms with van der Waals surface area (Å²) in [5, 5.41) is 4.27. The van der Waals surface area contributed by atoms with Crippen LogP contribution in [0.4, 0.5) is 0 Å². The summed E-state index contributed by atoms with van der Waals surface area (Å²) in [5.74, 6) is 0.389. The first-order valence-corrected chi connectivity index (χ1v) is 11.7. The van der Waals surface area contributed by atoms with E-state index in [1.807, 2.05) is 30.3 Å². The minimum atomic E-state index is -0.705. The molecule has 0 saturated heterocycles. The van der Waals surface area contributed by atoms with Crippen molar-refractivity contribution in [2.45, 2.75) is 44.7 Å². The lowest BCUT2D eigenvalue weighted by Crippen LogP contribution is -2.48. The molecule has 3 aromatic rings. The van der Waals surface area contributed by atoms with Gasteiger partial charge in [-0.1, -0.05) is 49.6 Å². The Morgan fingerprint density at radius 1 is 1.00 bits per heavy atom. The number of carbonyl (C=O) groups excluding carboxylic acids is 1. The van der Waals surface area contributed by atoms with Crippen molar-refractivity contribution in [3.8, 4) is 17.2 Å². The van der Waals surface area contributed by atoms with E-state index in [-0.39, 0.29) is 18.3 Å². The molecule has 1 aliphatic rings.